The Labute approximate surface area is 91.6 Å². The molecule has 4 nitrogen and oxygen atoms in total. The minimum atomic E-state index is 0.0942. The Bertz CT molecular complexity index is 222. The fourth-order valence-electron chi connectivity index (χ4n) is 1.91. The van der Waals surface area contributed by atoms with Crippen molar-refractivity contribution in [2.24, 2.45) is 0 Å². The summed E-state index contributed by atoms with van der Waals surface area (Å²) in [7, 11) is 1.88. The zero-order valence-electron chi connectivity index (χ0n) is 9.54. The predicted octanol–water partition coefficient (Wildman–Crippen LogP) is 0.886. The topological polar surface area (TPSA) is 35.6 Å². The van der Waals surface area contributed by atoms with Gasteiger partial charge in [-0.15, -0.1) is 0 Å². The summed E-state index contributed by atoms with van der Waals surface area (Å²) >= 11 is 0. The van der Waals surface area contributed by atoms with Gasteiger partial charge in [0, 0.05) is 26.2 Å². The molecule has 15 heavy (non-hydrogen) atoms. The first-order valence-corrected chi connectivity index (χ1v) is 6.00. The smallest absolute Gasteiger partial charge is 0.317 e. The summed E-state index contributed by atoms with van der Waals surface area (Å²) in [5, 5.41) is 3.00. The number of amides is 2. The van der Waals surface area contributed by atoms with Gasteiger partial charge in [-0.05, 0) is 38.8 Å². The van der Waals surface area contributed by atoms with Crippen LogP contribution in [-0.2, 0) is 0 Å². The van der Waals surface area contributed by atoms with Crippen LogP contribution in [-0.4, -0.2) is 55.1 Å². The zero-order valence-corrected chi connectivity index (χ0v) is 9.54. The van der Waals surface area contributed by atoms with Crippen LogP contribution in [0.4, 0.5) is 4.79 Å². The Morgan fingerprint density at radius 1 is 1.40 bits per heavy atom. The number of likely N-dealkylation sites (tertiary alicyclic amines) is 1. The van der Waals surface area contributed by atoms with E-state index in [0.717, 1.165) is 25.9 Å². The van der Waals surface area contributed by atoms with Crippen LogP contribution in [0.1, 0.15) is 25.7 Å². The molecule has 0 spiro atoms. The second-order valence-electron chi connectivity index (χ2n) is 4.69. The molecule has 0 aromatic heterocycles. The van der Waals surface area contributed by atoms with Crippen LogP contribution in [0.15, 0.2) is 0 Å². The van der Waals surface area contributed by atoms with Crippen molar-refractivity contribution in [1.29, 1.82) is 0 Å². The number of carbonyl (C=O) groups is 1. The van der Waals surface area contributed by atoms with E-state index in [4.69, 9.17) is 0 Å². The summed E-state index contributed by atoms with van der Waals surface area (Å²) in [6, 6.07) is 0.559. The summed E-state index contributed by atoms with van der Waals surface area (Å²) in [6.45, 7) is 4.28. The SMILES string of the molecule is CN(CCN1CCCC1)C(=O)NC1CC1. The van der Waals surface area contributed by atoms with Crippen LogP contribution in [0.2, 0.25) is 0 Å². The highest BCUT2D eigenvalue weighted by Crippen LogP contribution is 2.18. The van der Waals surface area contributed by atoms with Crippen LogP contribution in [0, 0.1) is 0 Å². The Balaban J connectivity index is 1.61. The largest absolute Gasteiger partial charge is 0.335 e. The van der Waals surface area contributed by atoms with Gasteiger partial charge in [-0.25, -0.2) is 4.79 Å². The number of nitrogens with one attached hydrogen (secondary N) is 1. The molecular weight excluding hydrogens is 190 g/mol. The molecule has 0 radical (unpaired) electrons. The van der Waals surface area contributed by atoms with E-state index in [-0.39, 0.29) is 6.03 Å². The van der Waals surface area contributed by atoms with Gasteiger partial charge in [-0.1, -0.05) is 0 Å². The summed E-state index contributed by atoms with van der Waals surface area (Å²) < 4.78 is 0. The van der Waals surface area contributed by atoms with Gasteiger partial charge in [0.1, 0.15) is 0 Å². The first-order valence-electron chi connectivity index (χ1n) is 6.00. The quantitative estimate of drug-likeness (QED) is 0.749. The lowest BCUT2D eigenvalue weighted by Gasteiger charge is -2.21. The number of likely N-dealkylation sites (N-methyl/N-ethyl adjacent to an activating group) is 1. The Morgan fingerprint density at radius 2 is 2.07 bits per heavy atom. The summed E-state index contributed by atoms with van der Waals surface area (Å²) in [4.78, 5) is 15.8. The van der Waals surface area contributed by atoms with E-state index in [0.29, 0.717) is 6.04 Å². The molecule has 0 atom stereocenters. The maximum atomic E-state index is 11.6. The van der Waals surface area contributed by atoms with Gasteiger partial charge in [-0.2, -0.15) is 0 Å². The van der Waals surface area contributed by atoms with Gasteiger partial charge in [-0.3, -0.25) is 0 Å². The number of nitrogens with zero attached hydrogens (tertiary/aromatic N) is 2. The molecule has 0 aromatic rings. The van der Waals surface area contributed by atoms with E-state index >= 15 is 0 Å². The van der Waals surface area contributed by atoms with Gasteiger partial charge in [0.2, 0.25) is 0 Å². The summed E-state index contributed by atoms with van der Waals surface area (Å²) in [5.41, 5.74) is 0. The van der Waals surface area contributed by atoms with Crippen LogP contribution >= 0.6 is 0 Å². The number of rotatable bonds is 4. The molecule has 1 N–H and O–H groups in total. The fourth-order valence-corrected chi connectivity index (χ4v) is 1.91. The van der Waals surface area contributed by atoms with Gasteiger partial charge in [0.05, 0.1) is 0 Å². The average molecular weight is 211 g/mol. The molecule has 2 aliphatic rings. The molecule has 2 amide bonds. The third-order valence-electron chi connectivity index (χ3n) is 3.20. The van der Waals surface area contributed by atoms with E-state index in [1.165, 1.54) is 25.9 Å². The van der Waals surface area contributed by atoms with Crippen LogP contribution in [0.3, 0.4) is 0 Å². The standard InChI is InChI=1S/C11H21N3O/c1-13(11(15)12-10-4-5-10)8-9-14-6-2-3-7-14/h10H,2-9H2,1H3,(H,12,15). The Hall–Kier alpha value is -0.770. The molecule has 0 aromatic carbocycles. The van der Waals surface area contributed by atoms with Crippen LogP contribution < -0.4 is 5.32 Å². The Morgan fingerprint density at radius 3 is 2.67 bits per heavy atom. The van der Waals surface area contributed by atoms with Crippen molar-refractivity contribution >= 4 is 6.03 Å². The molecule has 4 heteroatoms. The van der Waals surface area contributed by atoms with Crippen molar-refractivity contribution in [1.82, 2.24) is 15.1 Å². The molecule has 0 bridgehead atoms. The highest BCUT2D eigenvalue weighted by Gasteiger charge is 2.24. The first-order chi connectivity index (χ1) is 7.25. The number of hydrogen-bond acceptors (Lipinski definition) is 2. The summed E-state index contributed by atoms with van der Waals surface area (Å²) in [6.07, 6.45) is 4.95. The average Bonchev–Trinajstić information content (AvgIpc) is 2.88. The fraction of sp³-hybridized carbons (Fsp3) is 0.909. The van der Waals surface area contributed by atoms with Crippen molar-refractivity contribution < 1.29 is 4.79 Å². The zero-order chi connectivity index (χ0) is 10.7. The number of carbonyl (C=O) groups excluding carboxylic acids is 1. The number of urea groups is 1. The highest BCUT2D eigenvalue weighted by molar-refractivity contribution is 5.74. The van der Waals surface area contributed by atoms with E-state index in [9.17, 15) is 4.79 Å². The van der Waals surface area contributed by atoms with Gasteiger partial charge in [0.25, 0.3) is 0 Å². The highest BCUT2D eigenvalue weighted by atomic mass is 16.2. The number of hydrogen-bond donors (Lipinski definition) is 1. The Kier molecular flexibility index (Phi) is 3.46. The molecule has 1 aliphatic heterocycles. The van der Waals surface area contributed by atoms with Crippen molar-refractivity contribution in [3.8, 4) is 0 Å². The normalized spacial score (nSPS) is 21.7. The van der Waals surface area contributed by atoms with E-state index in [2.05, 4.69) is 10.2 Å². The molecule has 0 unspecified atom stereocenters. The van der Waals surface area contributed by atoms with Gasteiger partial charge in [0.15, 0.2) is 0 Å². The minimum Gasteiger partial charge on any atom is -0.335 e. The third kappa shape index (κ3) is 3.38. The van der Waals surface area contributed by atoms with E-state index in [1.807, 2.05) is 7.05 Å². The molecule has 1 saturated carbocycles. The lowest BCUT2D eigenvalue weighted by Crippen LogP contribution is -2.42. The minimum absolute atomic E-state index is 0.0942. The molecule has 1 aliphatic carbocycles. The molecular formula is C11H21N3O. The maximum absolute atomic E-state index is 11.6. The molecule has 1 saturated heterocycles. The molecule has 2 fully saturated rings. The van der Waals surface area contributed by atoms with Gasteiger partial charge >= 0.3 is 6.03 Å². The van der Waals surface area contributed by atoms with E-state index < -0.39 is 0 Å². The summed E-state index contributed by atoms with van der Waals surface area (Å²) in [5.74, 6) is 0. The lowest BCUT2D eigenvalue weighted by molar-refractivity contribution is 0.200. The first kappa shape index (κ1) is 10.7. The maximum Gasteiger partial charge on any atom is 0.317 e. The van der Waals surface area contributed by atoms with Crippen molar-refractivity contribution in [3.05, 3.63) is 0 Å². The van der Waals surface area contributed by atoms with Crippen molar-refractivity contribution in [3.63, 3.8) is 0 Å². The predicted molar refractivity (Wildman–Crippen MR) is 59.9 cm³/mol. The second kappa shape index (κ2) is 4.84. The van der Waals surface area contributed by atoms with Crippen molar-refractivity contribution in [2.75, 3.05) is 33.2 Å². The lowest BCUT2D eigenvalue weighted by atomic mass is 10.4. The molecule has 86 valence electrons. The van der Waals surface area contributed by atoms with E-state index in [1.54, 1.807) is 4.90 Å². The molecule has 2 rings (SSSR count). The van der Waals surface area contributed by atoms with Gasteiger partial charge < -0.3 is 15.1 Å². The van der Waals surface area contributed by atoms with Crippen LogP contribution in [0.5, 0.6) is 0 Å². The van der Waals surface area contributed by atoms with Crippen molar-refractivity contribution in [2.45, 2.75) is 31.7 Å². The molecule has 1 heterocycles. The van der Waals surface area contributed by atoms with Crippen LogP contribution in [0.25, 0.3) is 0 Å². The second-order valence-corrected chi connectivity index (χ2v) is 4.69. The third-order valence-corrected chi connectivity index (χ3v) is 3.20. The monoisotopic (exact) mass is 211 g/mol.